The molecule has 3 N–H and O–H groups in total. The van der Waals surface area contributed by atoms with Crippen molar-refractivity contribution in [1.82, 2.24) is 5.32 Å². The summed E-state index contributed by atoms with van der Waals surface area (Å²) in [6.07, 6.45) is 4.14. The van der Waals surface area contributed by atoms with Gasteiger partial charge in [-0.2, -0.15) is 0 Å². The Balaban J connectivity index is 2.16. The van der Waals surface area contributed by atoms with Crippen molar-refractivity contribution >= 4 is 27.5 Å². The Labute approximate surface area is 106 Å². The van der Waals surface area contributed by atoms with E-state index in [2.05, 4.69) is 5.32 Å². The average molecular weight is 262 g/mol. The zero-order chi connectivity index (χ0) is 11.8. The van der Waals surface area contributed by atoms with Crippen molar-refractivity contribution < 1.29 is 4.79 Å². The zero-order valence-electron chi connectivity index (χ0n) is 9.91. The molecule has 1 heterocycles. The highest BCUT2D eigenvalue weighted by Crippen LogP contribution is 2.29. The number of amides is 1. The molecule has 0 aliphatic carbocycles. The standard InChI is InChI=1S/C11H22N2OS2/c1-9(4-2-3-6-12)11(14)13-10-5-7-15-16-8-10/h9-10H,2-8,12H2,1H3,(H,13,14)/t9-,10?/m0/s1. The van der Waals surface area contributed by atoms with E-state index >= 15 is 0 Å². The van der Waals surface area contributed by atoms with E-state index in [0.29, 0.717) is 6.04 Å². The van der Waals surface area contributed by atoms with Crippen LogP contribution in [0, 0.1) is 5.92 Å². The lowest BCUT2D eigenvalue weighted by molar-refractivity contribution is -0.125. The molecule has 1 aliphatic heterocycles. The Morgan fingerprint density at radius 2 is 2.31 bits per heavy atom. The third-order valence-corrected chi connectivity index (χ3v) is 5.30. The maximum Gasteiger partial charge on any atom is 0.223 e. The molecular formula is C11H22N2OS2. The average Bonchev–Trinajstić information content (AvgIpc) is 2.30. The van der Waals surface area contributed by atoms with Crippen LogP contribution in [0.4, 0.5) is 0 Å². The fourth-order valence-corrected chi connectivity index (χ4v) is 4.08. The van der Waals surface area contributed by atoms with E-state index in [1.54, 1.807) is 0 Å². The topological polar surface area (TPSA) is 55.1 Å². The Morgan fingerprint density at radius 1 is 1.50 bits per heavy atom. The quantitative estimate of drug-likeness (QED) is 0.568. The Hall–Kier alpha value is 0.130. The van der Waals surface area contributed by atoms with Gasteiger partial charge in [0.2, 0.25) is 5.91 Å². The number of nitrogens with two attached hydrogens (primary N) is 1. The molecule has 5 heteroatoms. The van der Waals surface area contributed by atoms with Gasteiger partial charge in [-0.25, -0.2) is 0 Å². The zero-order valence-corrected chi connectivity index (χ0v) is 11.5. The molecule has 0 spiro atoms. The minimum Gasteiger partial charge on any atom is -0.352 e. The first-order chi connectivity index (χ1) is 7.74. The molecule has 0 aromatic heterocycles. The SMILES string of the molecule is C[C@@H](CCCCN)C(=O)NC1CCSSC1. The largest absolute Gasteiger partial charge is 0.352 e. The molecule has 0 aromatic carbocycles. The van der Waals surface area contributed by atoms with Gasteiger partial charge in [-0.1, -0.05) is 34.9 Å². The Kier molecular flexibility index (Phi) is 7.32. The molecule has 1 rings (SSSR count). The summed E-state index contributed by atoms with van der Waals surface area (Å²) in [5.74, 6) is 2.55. The third-order valence-electron chi connectivity index (χ3n) is 2.79. The van der Waals surface area contributed by atoms with E-state index in [0.717, 1.165) is 43.7 Å². The molecule has 1 saturated heterocycles. The molecule has 1 unspecified atom stereocenters. The summed E-state index contributed by atoms with van der Waals surface area (Å²) >= 11 is 0. The smallest absolute Gasteiger partial charge is 0.223 e. The predicted molar refractivity (Wildman–Crippen MR) is 73.5 cm³/mol. The maximum absolute atomic E-state index is 11.8. The van der Waals surface area contributed by atoms with Crippen molar-refractivity contribution in [2.24, 2.45) is 11.7 Å². The maximum atomic E-state index is 11.8. The number of rotatable bonds is 6. The van der Waals surface area contributed by atoms with Crippen LogP contribution in [0.15, 0.2) is 0 Å². The highest BCUT2D eigenvalue weighted by Gasteiger charge is 2.19. The van der Waals surface area contributed by atoms with Gasteiger partial charge in [-0.15, -0.1) is 0 Å². The first kappa shape index (κ1) is 14.2. The van der Waals surface area contributed by atoms with Crippen molar-refractivity contribution in [1.29, 1.82) is 0 Å². The van der Waals surface area contributed by atoms with Crippen LogP contribution in [-0.4, -0.2) is 30.0 Å². The minimum atomic E-state index is 0.131. The van der Waals surface area contributed by atoms with Gasteiger partial charge in [0.1, 0.15) is 0 Å². The molecule has 1 amide bonds. The molecule has 0 radical (unpaired) electrons. The van der Waals surface area contributed by atoms with E-state index in [9.17, 15) is 4.79 Å². The molecule has 16 heavy (non-hydrogen) atoms. The molecule has 3 nitrogen and oxygen atoms in total. The summed E-state index contributed by atoms with van der Waals surface area (Å²) in [5.41, 5.74) is 5.43. The Bertz CT molecular complexity index is 208. The molecule has 2 atom stereocenters. The van der Waals surface area contributed by atoms with Crippen molar-refractivity contribution in [3.05, 3.63) is 0 Å². The van der Waals surface area contributed by atoms with Crippen LogP contribution in [-0.2, 0) is 4.79 Å². The number of carbonyl (C=O) groups is 1. The summed E-state index contributed by atoms with van der Waals surface area (Å²) < 4.78 is 0. The van der Waals surface area contributed by atoms with E-state index < -0.39 is 0 Å². The molecule has 1 fully saturated rings. The number of nitrogens with one attached hydrogen (secondary N) is 1. The summed E-state index contributed by atoms with van der Waals surface area (Å²) in [4.78, 5) is 11.8. The van der Waals surface area contributed by atoms with Crippen molar-refractivity contribution in [2.75, 3.05) is 18.1 Å². The van der Waals surface area contributed by atoms with Gasteiger partial charge in [0.15, 0.2) is 0 Å². The second-order valence-corrected chi connectivity index (χ2v) is 6.91. The lowest BCUT2D eigenvalue weighted by Crippen LogP contribution is -2.40. The van der Waals surface area contributed by atoms with Gasteiger partial charge in [-0.05, 0) is 25.8 Å². The van der Waals surface area contributed by atoms with Crippen molar-refractivity contribution in [3.8, 4) is 0 Å². The minimum absolute atomic E-state index is 0.131. The highest BCUT2D eigenvalue weighted by atomic mass is 33.1. The molecule has 0 aromatic rings. The van der Waals surface area contributed by atoms with Crippen LogP contribution in [0.5, 0.6) is 0 Å². The van der Waals surface area contributed by atoms with Gasteiger partial charge < -0.3 is 11.1 Å². The van der Waals surface area contributed by atoms with Crippen molar-refractivity contribution in [2.45, 2.75) is 38.6 Å². The van der Waals surface area contributed by atoms with Crippen molar-refractivity contribution in [3.63, 3.8) is 0 Å². The molecule has 94 valence electrons. The second kappa shape index (κ2) is 8.25. The first-order valence-corrected chi connectivity index (χ1v) is 8.47. The van der Waals surface area contributed by atoms with E-state index in [4.69, 9.17) is 5.73 Å². The molecule has 1 aliphatic rings. The summed E-state index contributed by atoms with van der Waals surface area (Å²) in [5, 5.41) is 3.14. The molecule has 0 bridgehead atoms. The van der Waals surface area contributed by atoms with Gasteiger partial charge in [0.25, 0.3) is 0 Å². The fraction of sp³-hybridized carbons (Fsp3) is 0.909. The second-order valence-electron chi connectivity index (χ2n) is 4.29. The summed E-state index contributed by atoms with van der Waals surface area (Å²) in [6.45, 7) is 2.74. The van der Waals surface area contributed by atoms with E-state index in [-0.39, 0.29) is 11.8 Å². The molecular weight excluding hydrogens is 240 g/mol. The summed E-state index contributed by atoms with van der Waals surface area (Å²) in [6, 6.07) is 0.385. The predicted octanol–water partition coefficient (Wildman–Crippen LogP) is 2.02. The lowest BCUT2D eigenvalue weighted by atomic mass is 10.0. The lowest BCUT2D eigenvalue weighted by Gasteiger charge is -2.23. The number of hydrogen-bond acceptors (Lipinski definition) is 4. The normalized spacial score (nSPS) is 22.8. The van der Waals surface area contributed by atoms with Gasteiger partial charge in [0.05, 0.1) is 0 Å². The van der Waals surface area contributed by atoms with E-state index in [1.807, 2.05) is 28.5 Å². The van der Waals surface area contributed by atoms with Crippen LogP contribution in [0.2, 0.25) is 0 Å². The fourth-order valence-electron chi connectivity index (χ4n) is 1.65. The Morgan fingerprint density at radius 3 is 2.94 bits per heavy atom. The first-order valence-electron chi connectivity index (χ1n) is 5.99. The molecule has 0 saturated carbocycles. The van der Waals surface area contributed by atoms with Crippen LogP contribution in [0.3, 0.4) is 0 Å². The van der Waals surface area contributed by atoms with Crippen LogP contribution in [0.1, 0.15) is 32.6 Å². The highest BCUT2D eigenvalue weighted by molar-refractivity contribution is 8.76. The number of hydrogen-bond donors (Lipinski definition) is 2. The van der Waals surface area contributed by atoms with Gasteiger partial charge >= 0.3 is 0 Å². The third kappa shape index (κ3) is 5.46. The van der Waals surface area contributed by atoms with Gasteiger partial charge in [-0.3, -0.25) is 4.79 Å². The monoisotopic (exact) mass is 262 g/mol. The van der Waals surface area contributed by atoms with Crippen LogP contribution >= 0.6 is 21.6 Å². The summed E-state index contributed by atoms with van der Waals surface area (Å²) in [7, 11) is 3.77. The van der Waals surface area contributed by atoms with Gasteiger partial charge in [0, 0.05) is 23.5 Å². The van der Waals surface area contributed by atoms with Crippen LogP contribution in [0.25, 0.3) is 0 Å². The number of carbonyl (C=O) groups excluding carboxylic acids is 1. The van der Waals surface area contributed by atoms with Crippen LogP contribution < -0.4 is 11.1 Å². The van der Waals surface area contributed by atoms with E-state index in [1.165, 1.54) is 0 Å². The number of unbranched alkanes of at least 4 members (excludes halogenated alkanes) is 1.